The summed E-state index contributed by atoms with van der Waals surface area (Å²) in [5.74, 6) is 0.792. The summed E-state index contributed by atoms with van der Waals surface area (Å²) < 4.78 is 0. The highest BCUT2D eigenvalue weighted by molar-refractivity contribution is 6.30. The Morgan fingerprint density at radius 3 is 1.50 bits per heavy atom. The monoisotopic (exact) mass is 158 g/mol. The Labute approximate surface area is 55.5 Å². The molecule has 0 atom stereocenters. The van der Waals surface area contributed by atoms with Crippen molar-refractivity contribution in [2.24, 2.45) is 0 Å². The van der Waals surface area contributed by atoms with Crippen molar-refractivity contribution >= 4 is 21.1 Å². The van der Waals surface area contributed by atoms with Crippen LogP contribution in [0.3, 0.4) is 0 Å². The molecule has 0 aromatic rings. The molecule has 0 aromatic heterocycles. The first-order chi connectivity index (χ1) is 3.65. The summed E-state index contributed by atoms with van der Waals surface area (Å²) in [6.07, 6.45) is 1.08. The fraction of sp³-hybridized carbons (Fsp3) is 1.00. The zero-order chi connectivity index (χ0) is 6.99. The summed E-state index contributed by atoms with van der Waals surface area (Å²) >= 11 is 5.19. The Bertz CT molecular complexity index is 31.0. The van der Waals surface area contributed by atoms with E-state index in [1.165, 1.54) is 0 Å². The summed E-state index contributed by atoms with van der Waals surface area (Å²) in [6, 6.07) is 0. The van der Waals surface area contributed by atoms with Crippen LogP contribution in [0.25, 0.3) is 0 Å². The quantitative estimate of drug-likeness (QED) is 0.350. The van der Waals surface area contributed by atoms with E-state index in [2.05, 4.69) is 0 Å². The van der Waals surface area contributed by atoms with Gasteiger partial charge in [-0.2, -0.15) is 0 Å². The minimum Gasteiger partial charge on any atom is -0.392 e. The molecule has 0 radical (unpaired) electrons. The molecule has 0 unspecified atom stereocenters. The van der Waals surface area contributed by atoms with Gasteiger partial charge in [-0.15, -0.1) is 11.6 Å². The van der Waals surface area contributed by atoms with Crippen LogP contribution >= 0.6 is 11.6 Å². The van der Waals surface area contributed by atoms with E-state index in [0.717, 1.165) is 12.3 Å². The van der Waals surface area contributed by atoms with Gasteiger partial charge < -0.3 is 14.4 Å². The fourth-order valence-corrected chi connectivity index (χ4v) is 0. The predicted molar refractivity (Wildman–Crippen MR) is 34.8 cm³/mol. The second kappa shape index (κ2) is 10.4. The molecule has 0 aliphatic heterocycles. The molecular weight excluding hydrogens is 148 g/mol. The van der Waals surface area contributed by atoms with Crippen LogP contribution in [0.2, 0.25) is 0 Å². The highest BCUT2D eigenvalue weighted by atomic mass is 35.5. The number of hydrogen-bond acceptors (Lipinski definition) is 3. The molecule has 0 fully saturated rings. The SMILES string of the molecule is CCCCl.O[SiH](O)O. The van der Waals surface area contributed by atoms with Crippen molar-refractivity contribution in [1.82, 2.24) is 0 Å². The largest absolute Gasteiger partial charge is 0.475 e. The van der Waals surface area contributed by atoms with E-state index in [1.54, 1.807) is 0 Å². The van der Waals surface area contributed by atoms with Crippen LogP contribution in [-0.2, 0) is 0 Å². The molecule has 0 aromatic carbocycles. The van der Waals surface area contributed by atoms with Crippen molar-refractivity contribution in [3.05, 3.63) is 0 Å². The minimum absolute atomic E-state index is 0.792. The lowest BCUT2D eigenvalue weighted by molar-refractivity contribution is 0.278. The van der Waals surface area contributed by atoms with Crippen LogP contribution in [-0.4, -0.2) is 29.8 Å². The van der Waals surface area contributed by atoms with Crippen LogP contribution in [0.5, 0.6) is 0 Å². The molecule has 0 bridgehead atoms. The van der Waals surface area contributed by atoms with Gasteiger partial charge in [0.25, 0.3) is 0 Å². The van der Waals surface area contributed by atoms with E-state index < -0.39 is 9.53 Å². The smallest absolute Gasteiger partial charge is 0.392 e. The topological polar surface area (TPSA) is 60.7 Å². The summed E-state index contributed by atoms with van der Waals surface area (Å²) in [6.45, 7) is 2.05. The predicted octanol–water partition coefficient (Wildman–Crippen LogP) is -0.684. The van der Waals surface area contributed by atoms with Gasteiger partial charge >= 0.3 is 9.53 Å². The van der Waals surface area contributed by atoms with Gasteiger partial charge in [0.15, 0.2) is 0 Å². The maximum atomic E-state index is 7.31. The molecule has 0 saturated carbocycles. The number of rotatable bonds is 1. The molecule has 0 aliphatic rings. The van der Waals surface area contributed by atoms with Crippen molar-refractivity contribution in [3.8, 4) is 0 Å². The van der Waals surface area contributed by atoms with Crippen LogP contribution in [0, 0.1) is 0 Å². The summed E-state index contributed by atoms with van der Waals surface area (Å²) in [5, 5.41) is 0. The average Bonchev–Trinajstić information content (AvgIpc) is 1.65. The fourth-order valence-electron chi connectivity index (χ4n) is 0. The Hall–Kier alpha value is 0.387. The average molecular weight is 159 g/mol. The maximum absolute atomic E-state index is 7.31. The van der Waals surface area contributed by atoms with Gasteiger partial charge in [-0.25, -0.2) is 0 Å². The molecule has 8 heavy (non-hydrogen) atoms. The molecule has 0 saturated heterocycles. The van der Waals surface area contributed by atoms with Crippen molar-refractivity contribution in [2.75, 3.05) is 5.88 Å². The molecule has 5 heteroatoms. The third kappa shape index (κ3) is 96.4. The number of halogens is 1. The van der Waals surface area contributed by atoms with Gasteiger partial charge in [-0.1, -0.05) is 6.92 Å². The lowest BCUT2D eigenvalue weighted by Gasteiger charge is -1.74. The first-order valence-electron chi connectivity index (χ1n) is 2.25. The second-order valence-electron chi connectivity index (χ2n) is 1.04. The standard InChI is InChI=1S/C3H7Cl.H4O3Si/c1-2-3-4;1-4(2)3/h2-3H2,1H3;1-4H. The van der Waals surface area contributed by atoms with E-state index in [0.29, 0.717) is 0 Å². The van der Waals surface area contributed by atoms with Crippen LogP contribution in [0.1, 0.15) is 13.3 Å². The first kappa shape index (κ1) is 11.2. The molecule has 3 N–H and O–H groups in total. The molecule has 0 amide bonds. The van der Waals surface area contributed by atoms with Gasteiger partial charge in [-0.05, 0) is 6.42 Å². The van der Waals surface area contributed by atoms with Gasteiger partial charge in [0, 0.05) is 5.88 Å². The molecule has 52 valence electrons. The van der Waals surface area contributed by atoms with E-state index in [-0.39, 0.29) is 0 Å². The highest BCUT2D eigenvalue weighted by Crippen LogP contribution is 1.75. The first-order valence-corrected chi connectivity index (χ1v) is 4.33. The molecule has 3 nitrogen and oxygen atoms in total. The summed E-state index contributed by atoms with van der Waals surface area (Å²) in [5.41, 5.74) is 0. The third-order valence-corrected chi connectivity index (χ3v) is 0.567. The highest BCUT2D eigenvalue weighted by Gasteiger charge is 1.83. The molecule has 0 heterocycles. The van der Waals surface area contributed by atoms with Gasteiger partial charge in [0.05, 0.1) is 0 Å². The van der Waals surface area contributed by atoms with Crippen molar-refractivity contribution in [1.29, 1.82) is 0 Å². The van der Waals surface area contributed by atoms with Gasteiger partial charge in [0.1, 0.15) is 0 Å². The zero-order valence-electron chi connectivity index (χ0n) is 4.71. The third-order valence-electron chi connectivity index (χ3n) is 0.189. The second-order valence-corrected chi connectivity index (χ2v) is 2.11. The molecule has 0 spiro atoms. The number of alkyl halides is 1. The summed E-state index contributed by atoms with van der Waals surface area (Å²) in [7, 11) is -3.14. The number of hydrogen-bond donors (Lipinski definition) is 3. The summed E-state index contributed by atoms with van der Waals surface area (Å²) in [4.78, 5) is 21.9. The normalized spacial score (nSPS) is 8.25. The van der Waals surface area contributed by atoms with Crippen molar-refractivity contribution in [3.63, 3.8) is 0 Å². The van der Waals surface area contributed by atoms with E-state index in [9.17, 15) is 0 Å². The Morgan fingerprint density at radius 2 is 1.50 bits per heavy atom. The van der Waals surface area contributed by atoms with Crippen LogP contribution < -0.4 is 0 Å². The Balaban J connectivity index is 0. The molecule has 0 aliphatic carbocycles. The van der Waals surface area contributed by atoms with E-state index >= 15 is 0 Å². The lowest BCUT2D eigenvalue weighted by Crippen LogP contribution is -2.07. The van der Waals surface area contributed by atoms with E-state index in [4.69, 9.17) is 26.0 Å². The Morgan fingerprint density at radius 1 is 1.38 bits per heavy atom. The van der Waals surface area contributed by atoms with E-state index in [1.807, 2.05) is 6.92 Å². The Kier molecular flexibility index (Phi) is 14.6. The van der Waals surface area contributed by atoms with Gasteiger partial charge in [-0.3, -0.25) is 0 Å². The zero-order valence-corrected chi connectivity index (χ0v) is 6.62. The molecule has 0 rings (SSSR count). The lowest BCUT2D eigenvalue weighted by atomic mass is 10.6. The minimum atomic E-state index is -3.14. The van der Waals surface area contributed by atoms with Gasteiger partial charge in [0.2, 0.25) is 0 Å². The molecular formula is C3H11ClO3Si. The maximum Gasteiger partial charge on any atom is 0.475 e. The van der Waals surface area contributed by atoms with Crippen molar-refractivity contribution in [2.45, 2.75) is 13.3 Å². The van der Waals surface area contributed by atoms with Crippen LogP contribution in [0.4, 0.5) is 0 Å². The van der Waals surface area contributed by atoms with Crippen molar-refractivity contribution < 1.29 is 14.4 Å². The van der Waals surface area contributed by atoms with Crippen LogP contribution in [0.15, 0.2) is 0 Å².